The third-order valence-corrected chi connectivity index (χ3v) is 3.61. The smallest absolute Gasteiger partial charge is 0.315 e. The van der Waals surface area contributed by atoms with Gasteiger partial charge in [-0.15, -0.1) is 0 Å². The van der Waals surface area contributed by atoms with Gasteiger partial charge in [-0.05, 0) is 32.6 Å². The first-order chi connectivity index (χ1) is 9.17. The van der Waals surface area contributed by atoms with E-state index < -0.39 is 0 Å². The molecule has 5 nitrogen and oxygen atoms in total. The lowest BCUT2D eigenvalue weighted by atomic mass is 9.94. The van der Waals surface area contributed by atoms with Crippen LogP contribution in [-0.2, 0) is 4.74 Å². The second-order valence-electron chi connectivity index (χ2n) is 5.23. The van der Waals surface area contributed by atoms with E-state index in [2.05, 4.69) is 22.5 Å². The Balaban J connectivity index is 2.21. The fraction of sp³-hybridized carbons (Fsp3) is 0.929. The number of hydrogen-bond donors (Lipinski definition) is 2. The Bertz CT molecular complexity index is 261. The molecule has 1 saturated heterocycles. The minimum Gasteiger partial charge on any atom is -0.382 e. The Morgan fingerprint density at radius 1 is 1.42 bits per heavy atom. The molecule has 0 aromatic rings. The van der Waals surface area contributed by atoms with Gasteiger partial charge >= 0.3 is 6.03 Å². The Morgan fingerprint density at radius 3 is 2.84 bits per heavy atom. The minimum atomic E-state index is -0.0378. The summed E-state index contributed by atoms with van der Waals surface area (Å²) < 4.78 is 5.36. The predicted octanol–water partition coefficient (Wildman–Crippen LogP) is 1.44. The molecule has 1 heterocycles. The van der Waals surface area contributed by atoms with Gasteiger partial charge in [-0.3, -0.25) is 0 Å². The number of hydrogen-bond acceptors (Lipinski definition) is 3. The summed E-state index contributed by atoms with van der Waals surface area (Å²) in [6.45, 7) is 11.7. The van der Waals surface area contributed by atoms with Crippen molar-refractivity contribution in [3.8, 4) is 0 Å². The second kappa shape index (κ2) is 9.15. The molecular weight excluding hydrogens is 242 g/mol. The van der Waals surface area contributed by atoms with Crippen molar-refractivity contribution in [2.24, 2.45) is 5.92 Å². The zero-order chi connectivity index (χ0) is 14.1. The second-order valence-corrected chi connectivity index (χ2v) is 5.23. The normalized spacial score (nSPS) is 24.2. The van der Waals surface area contributed by atoms with Crippen molar-refractivity contribution in [2.75, 3.05) is 39.4 Å². The number of rotatable bonds is 7. The molecule has 1 aliphatic rings. The number of nitrogens with zero attached hydrogens (tertiary/aromatic N) is 1. The van der Waals surface area contributed by atoms with Gasteiger partial charge in [0.2, 0.25) is 0 Å². The molecule has 19 heavy (non-hydrogen) atoms. The average molecular weight is 271 g/mol. The highest BCUT2D eigenvalue weighted by atomic mass is 16.5. The first-order valence-corrected chi connectivity index (χ1v) is 7.51. The number of likely N-dealkylation sites (tertiary alicyclic amines) is 1. The molecule has 0 radical (unpaired) electrons. The third-order valence-electron chi connectivity index (χ3n) is 3.61. The van der Waals surface area contributed by atoms with E-state index >= 15 is 0 Å². The van der Waals surface area contributed by atoms with Crippen molar-refractivity contribution < 1.29 is 9.53 Å². The molecule has 2 atom stereocenters. The van der Waals surface area contributed by atoms with Crippen molar-refractivity contribution in [1.82, 2.24) is 15.5 Å². The first kappa shape index (κ1) is 16.2. The summed E-state index contributed by atoms with van der Waals surface area (Å²) in [5, 5.41) is 5.86. The van der Waals surface area contributed by atoms with Gasteiger partial charge in [0.15, 0.2) is 0 Å². The molecule has 0 spiro atoms. The van der Waals surface area contributed by atoms with Crippen molar-refractivity contribution in [3.05, 3.63) is 0 Å². The number of urea groups is 1. The fourth-order valence-electron chi connectivity index (χ4n) is 2.56. The standard InChI is InChI=1S/C14H29N3O2/c1-4-15-14(18)16-13-7-9-17(11-12(13)3)8-6-10-19-5-2/h12-13H,4-11H2,1-3H3,(H2,15,16,18)/t12-,13+/m0/s1. The monoisotopic (exact) mass is 271 g/mol. The summed E-state index contributed by atoms with van der Waals surface area (Å²) in [7, 11) is 0. The van der Waals surface area contributed by atoms with Crippen LogP contribution in [0.3, 0.4) is 0 Å². The topological polar surface area (TPSA) is 53.6 Å². The van der Waals surface area contributed by atoms with Crippen LogP contribution in [0.4, 0.5) is 4.79 Å². The molecule has 2 amide bonds. The van der Waals surface area contributed by atoms with Gasteiger partial charge in [0.1, 0.15) is 0 Å². The van der Waals surface area contributed by atoms with E-state index in [9.17, 15) is 4.79 Å². The van der Waals surface area contributed by atoms with Crippen LogP contribution in [0.2, 0.25) is 0 Å². The van der Waals surface area contributed by atoms with Crippen LogP contribution < -0.4 is 10.6 Å². The average Bonchev–Trinajstić information content (AvgIpc) is 2.38. The number of piperidine rings is 1. The lowest BCUT2D eigenvalue weighted by Crippen LogP contribution is -2.52. The Labute approximate surface area is 117 Å². The van der Waals surface area contributed by atoms with Gasteiger partial charge < -0.3 is 20.3 Å². The Hall–Kier alpha value is -0.810. The summed E-state index contributed by atoms with van der Waals surface area (Å²) in [5.41, 5.74) is 0. The summed E-state index contributed by atoms with van der Waals surface area (Å²) in [6, 6.07) is 0.263. The molecule has 0 unspecified atom stereocenters. The van der Waals surface area contributed by atoms with Crippen LogP contribution in [-0.4, -0.2) is 56.4 Å². The van der Waals surface area contributed by atoms with Gasteiger partial charge in [0.05, 0.1) is 0 Å². The number of ether oxygens (including phenoxy) is 1. The number of amides is 2. The van der Waals surface area contributed by atoms with Crippen LogP contribution >= 0.6 is 0 Å². The lowest BCUT2D eigenvalue weighted by Gasteiger charge is -2.37. The molecule has 0 saturated carbocycles. The van der Waals surface area contributed by atoms with Crippen molar-refractivity contribution in [2.45, 2.75) is 39.7 Å². The van der Waals surface area contributed by atoms with Gasteiger partial charge in [0.25, 0.3) is 0 Å². The summed E-state index contributed by atoms with van der Waals surface area (Å²) in [4.78, 5) is 14.0. The number of carbonyl (C=O) groups excluding carboxylic acids is 1. The molecule has 1 aliphatic heterocycles. The van der Waals surface area contributed by atoms with Crippen molar-refractivity contribution >= 4 is 6.03 Å². The zero-order valence-corrected chi connectivity index (χ0v) is 12.6. The SMILES string of the molecule is CCNC(=O)N[C@@H]1CCN(CCCOCC)C[C@@H]1C. The molecule has 5 heteroatoms. The van der Waals surface area contributed by atoms with E-state index in [-0.39, 0.29) is 6.03 Å². The van der Waals surface area contributed by atoms with E-state index in [1.807, 2.05) is 13.8 Å². The van der Waals surface area contributed by atoms with Gasteiger partial charge in [-0.25, -0.2) is 4.79 Å². The van der Waals surface area contributed by atoms with Crippen LogP contribution in [0.15, 0.2) is 0 Å². The summed E-state index contributed by atoms with van der Waals surface area (Å²) >= 11 is 0. The molecule has 0 aliphatic carbocycles. The van der Waals surface area contributed by atoms with Crippen LogP contribution in [0.25, 0.3) is 0 Å². The summed E-state index contributed by atoms with van der Waals surface area (Å²) in [5.74, 6) is 0.503. The highest BCUT2D eigenvalue weighted by Gasteiger charge is 2.26. The Kier molecular flexibility index (Phi) is 7.82. The van der Waals surface area contributed by atoms with E-state index in [4.69, 9.17) is 4.74 Å². The van der Waals surface area contributed by atoms with Crippen molar-refractivity contribution in [1.29, 1.82) is 0 Å². The largest absolute Gasteiger partial charge is 0.382 e. The van der Waals surface area contributed by atoms with Gasteiger partial charge in [0, 0.05) is 45.4 Å². The van der Waals surface area contributed by atoms with Gasteiger partial charge in [-0.1, -0.05) is 6.92 Å². The van der Waals surface area contributed by atoms with E-state index in [0.717, 1.165) is 45.7 Å². The maximum absolute atomic E-state index is 11.5. The van der Waals surface area contributed by atoms with Crippen LogP contribution in [0.1, 0.15) is 33.6 Å². The fourth-order valence-corrected chi connectivity index (χ4v) is 2.56. The summed E-state index contributed by atoms with van der Waals surface area (Å²) in [6.07, 6.45) is 2.13. The lowest BCUT2D eigenvalue weighted by molar-refractivity contribution is 0.110. The van der Waals surface area contributed by atoms with E-state index in [1.165, 1.54) is 0 Å². The molecule has 2 N–H and O–H groups in total. The maximum atomic E-state index is 11.5. The zero-order valence-electron chi connectivity index (χ0n) is 12.6. The number of carbonyl (C=O) groups is 1. The maximum Gasteiger partial charge on any atom is 0.315 e. The molecule has 1 fully saturated rings. The first-order valence-electron chi connectivity index (χ1n) is 7.51. The molecule has 1 rings (SSSR count). The highest BCUT2D eigenvalue weighted by molar-refractivity contribution is 5.74. The molecular formula is C14H29N3O2. The van der Waals surface area contributed by atoms with E-state index in [0.29, 0.717) is 18.5 Å². The van der Waals surface area contributed by atoms with Crippen molar-refractivity contribution in [3.63, 3.8) is 0 Å². The van der Waals surface area contributed by atoms with Gasteiger partial charge in [-0.2, -0.15) is 0 Å². The molecule has 0 bridgehead atoms. The predicted molar refractivity (Wildman–Crippen MR) is 77.3 cm³/mol. The highest BCUT2D eigenvalue weighted by Crippen LogP contribution is 2.16. The quantitative estimate of drug-likeness (QED) is 0.689. The third kappa shape index (κ3) is 6.25. The van der Waals surface area contributed by atoms with Crippen LogP contribution in [0, 0.1) is 5.92 Å². The number of nitrogens with one attached hydrogen (secondary N) is 2. The van der Waals surface area contributed by atoms with Crippen LogP contribution in [0.5, 0.6) is 0 Å². The molecule has 0 aromatic carbocycles. The molecule has 112 valence electrons. The Morgan fingerprint density at radius 2 is 2.21 bits per heavy atom. The minimum absolute atomic E-state index is 0.0378. The van der Waals surface area contributed by atoms with E-state index in [1.54, 1.807) is 0 Å². The molecule has 0 aromatic heterocycles.